The highest BCUT2D eigenvalue weighted by Crippen LogP contribution is 2.35. The maximum Gasteiger partial charge on any atom is 0.454 e. The van der Waals surface area contributed by atoms with Crippen LogP contribution in [0.5, 0.6) is 11.5 Å². The largest absolute Gasteiger partial charge is 0.493 e. The van der Waals surface area contributed by atoms with Crippen LogP contribution in [0.25, 0.3) is 0 Å². The van der Waals surface area contributed by atoms with E-state index in [0.29, 0.717) is 0 Å². The maximum atomic E-state index is 12.3. The van der Waals surface area contributed by atoms with E-state index in [1.54, 1.807) is 0 Å². The molecule has 1 rings (SSSR count). The van der Waals surface area contributed by atoms with Crippen LogP contribution in [0.2, 0.25) is 5.02 Å². The molecule has 0 bridgehead atoms. The molecule has 0 aliphatic carbocycles. The summed E-state index contributed by atoms with van der Waals surface area (Å²) in [6.45, 7) is 0. The van der Waals surface area contributed by atoms with Crippen LogP contribution in [0.4, 0.5) is 13.2 Å². The molecular weight excluding hydrogens is 261 g/mol. The fourth-order valence-electron chi connectivity index (χ4n) is 1.18. The van der Waals surface area contributed by atoms with E-state index >= 15 is 0 Å². The summed E-state index contributed by atoms with van der Waals surface area (Å²) in [6.07, 6.45) is -4.98. The Hall–Kier alpha value is -1.43. The Labute approximate surface area is 100 Å². The van der Waals surface area contributed by atoms with E-state index in [1.165, 1.54) is 14.2 Å². The molecule has 0 amide bonds. The van der Waals surface area contributed by atoms with E-state index in [1.807, 2.05) is 0 Å². The molecule has 0 spiro atoms. The first-order chi connectivity index (χ1) is 7.81. The molecule has 7 heteroatoms. The van der Waals surface area contributed by atoms with Gasteiger partial charge in [0.1, 0.15) is 0 Å². The molecule has 0 radical (unpaired) electrons. The number of rotatable bonds is 3. The number of carbonyl (C=O) groups is 1. The van der Waals surface area contributed by atoms with Crippen molar-refractivity contribution in [3.8, 4) is 11.5 Å². The minimum absolute atomic E-state index is 0.00417. The van der Waals surface area contributed by atoms with Gasteiger partial charge in [-0.15, -0.1) is 0 Å². The highest BCUT2D eigenvalue weighted by molar-refractivity contribution is 6.34. The fraction of sp³-hybridized carbons (Fsp3) is 0.300. The molecule has 1 aromatic rings. The Balaban J connectivity index is 3.31. The summed E-state index contributed by atoms with van der Waals surface area (Å²) >= 11 is 5.58. The van der Waals surface area contributed by atoms with Gasteiger partial charge in [0.25, 0.3) is 5.78 Å². The molecule has 0 saturated carbocycles. The van der Waals surface area contributed by atoms with Crippen molar-refractivity contribution in [3.63, 3.8) is 0 Å². The summed E-state index contributed by atoms with van der Waals surface area (Å²) in [6, 6.07) is 2.00. The molecule has 0 aliphatic rings. The number of Topliss-reactive ketones (excluding diaryl/α,β-unsaturated/α-hetero) is 1. The third-order valence-electron chi connectivity index (χ3n) is 1.98. The molecule has 17 heavy (non-hydrogen) atoms. The fourth-order valence-corrected chi connectivity index (χ4v) is 1.42. The smallest absolute Gasteiger partial charge is 0.454 e. The minimum atomic E-state index is -4.98. The van der Waals surface area contributed by atoms with Crippen molar-refractivity contribution in [1.82, 2.24) is 0 Å². The molecule has 0 heterocycles. The normalized spacial score (nSPS) is 11.2. The van der Waals surface area contributed by atoms with Gasteiger partial charge in [0.15, 0.2) is 11.5 Å². The van der Waals surface area contributed by atoms with Gasteiger partial charge < -0.3 is 9.47 Å². The quantitative estimate of drug-likeness (QED) is 0.790. The van der Waals surface area contributed by atoms with Gasteiger partial charge in [-0.2, -0.15) is 13.2 Å². The van der Waals surface area contributed by atoms with Crippen molar-refractivity contribution in [1.29, 1.82) is 0 Å². The molecule has 3 nitrogen and oxygen atoms in total. The van der Waals surface area contributed by atoms with Crippen molar-refractivity contribution in [2.75, 3.05) is 14.2 Å². The predicted octanol–water partition coefficient (Wildman–Crippen LogP) is 3.10. The molecule has 0 N–H and O–H groups in total. The van der Waals surface area contributed by atoms with Crippen LogP contribution in [-0.2, 0) is 0 Å². The van der Waals surface area contributed by atoms with Crippen LogP contribution in [0, 0.1) is 0 Å². The Morgan fingerprint density at radius 3 is 2.06 bits per heavy atom. The summed E-state index contributed by atoms with van der Waals surface area (Å²) in [5, 5.41) is -0.343. The SMILES string of the molecule is COc1cc(Cl)c(C(=O)C(F)(F)F)cc1OC. The summed E-state index contributed by atoms with van der Waals surface area (Å²) in [4.78, 5) is 11.0. The van der Waals surface area contributed by atoms with Crippen LogP contribution in [0.15, 0.2) is 12.1 Å². The monoisotopic (exact) mass is 268 g/mol. The van der Waals surface area contributed by atoms with Gasteiger partial charge in [-0.3, -0.25) is 4.79 Å². The summed E-state index contributed by atoms with van der Waals surface area (Å²) in [5.74, 6) is -1.87. The lowest BCUT2D eigenvalue weighted by molar-refractivity contribution is -0.0885. The predicted molar refractivity (Wildman–Crippen MR) is 54.9 cm³/mol. The van der Waals surface area contributed by atoms with E-state index in [9.17, 15) is 18.0 Å². The summed E-state index contributed by atoms with van der Waals surface area (Å²) < 4.78 is 46.4. The average Bonchev–Trinajstić information content (AvgIpc) is 2.26. The van der Waals surface area contributed by atoms with Crippen LogP contribution < -0.4 is 9.47 Å². The average molecular weight is 269 g/mol. The topological polar surface area (TPSA) is 35.5 Å². The Morgan fingerprint density at radius 2 is 1.65 bits per heavy atom. The van der Waals surface area contributed by atoms with Crippen molar-refractivity contribution in [2.45, 2.75) is 6.18 Å². The van der Waals surface area contributed by atoms with Gasteiger partial charge in [0, 0.05) is 11.6 Å². The number of hydrogen-bond donors (Lipinski definition) is 0. The number of ether oxygens (including phenoxy) is 2. The Morgan fingerprint density at radius 1 is 1.18 bits per heavy atom. The lowest BCUT2D eigenvalue weighted by atomic mass is 10.1. The Bertz CT molecular complexity index is 443. The van der Waals surface area contributed by atoms with E-state index in [0.717, 1.165) is 12.1 Å². The van der Waals surface area contributed by atoms with E-state index in [2.05, 4.69) is 0 Å². The molecular formula is C10H8ClF3O3. The second-order valence-corrected chi connectivity index (χ2v) is 3.42. The van der Waals surface area contributed by atoms with Gasteiger partial charge in [-0.05, 0) is 6.07 Å². The van der Waals surface area contributed by atoms with Crippen molar-refractivity contribution >= 4 is 17.4 Å². The van der Waals surface area contributed by atoms with Gasteiger partial charge in [-0.1, -0.05) is 11.6 Å². The molecule has 0 atom stereocenters. The molecule has 94 valence electrons. The number of methoxy groups -OCH3 is 2. The van der Waals surface area contributed by atoms with Gasteiger partial charge in [0.2, 0.25) is 0 Å². The third kappa shape index (κ3) is 2.82. The number of hydrogen-bond acceptors (Lipinski definition) is 3. The number of alkyl halides is 3. The molecule has 0 saturated heterocycles. The van der Waals surface area contributed by atoms with Crippen LogP contribution >= 0.6 is 11.6 Å². The number of ketones is 1. The van der Waals surface area contributed by atoms with Crippen LogP contribution in [-0.4, -0.2) is 26.2 Å². The first-order valence-electron chi connectivity index (χ1n) is 4.34. The number of halogens is 4. The molecule has 1 aromatic carbocycles. The van der Waals surface area contributed by atoms with Gasteiger partial charge >= 0.3 is 6.18 Å². The van der Waals surface area contributed by atoms with E-state index < -0.39 is 17.5 Å². The highest BCUT2D eigenvalue weighted by Gasteiger charge is 2.40. The number of carbonyl (C=O) groups excluding carboxylic acids is 1. The van der Waals surface area contributed by atoms with Gasteiger partial charge in [-0.25, -0.2) is 0 Å². The lowest BCUT2D eigenvalue weighted by Crippen LogP contribution is -2.23. The second kappa shape index (κ2) is 4.83. The molecule has 0 fully saturated rings. The summed E-state index contributed by atoms with van der Waals surface area (Å²) in [7, 11) is 2.55. The minimum Gasteiger partial charge on any atom is -0.493 e. The standard InChI is InChI=1S/C10H8ClF3O3/c1-16-7-3-5(9(15)10(12,13)14)6(11)4-8(7)17-2/h3-4H,1-2H3. The number of benzene rings is 1. The van der Waals surface area contributed by atoms with Crippen molar-refractivity contribution < 1.29 is 27.4 Å². The first kappa shape index (κ1) is 13.6. The lowest BCUT2D eigenvalue weighted by Gasteiger charge is -2.12. The first-order valence-corrected chi connectivity index (χ1v) is 4.72. The van der Waals surface area contributed by atoms with E-state index in [4.69, 9.17) is 21.1 Å². The highest BCUT2D eigenvalue weighted by atomic mass is 35.5. The zero-order valence-corrected chi connectivity index (χ0v) is 9.65. The Kier molecular flexibility index (Phi) is 3.87. The summed E-state index contributed by atoms with van der Waals surface area (Å²) in [5.41, 5.74) is -0.670. The van der Waals surface area contributed by atoms with Crippen LogP contribution in [0.1, 0.15) is 10.4 Å². The second-order valence-electron chi connectivity index (χ2n) is 3.01. The van der Waals surface area contributed by atoms with E-state index in [-0.39, 0.29) is 16.5 Å². The zero-order valence-electron chi connectivity index (χ0n) is 8.89. The van der Waals surface area contributed by atoms with Crippen LogP contribution in [0.3, 0.4) is 0 Å². The third-order valence-corrected chi connectivity index (χ3v) is 2.29. The molecule has 0 aliphatic heterocycles. The van der Waals surface area contributed by atoms with Gasteiger partial charge in [0.05, 0.1) is 19.2 Å². The molecule has 0 unspecified atom stereocenters. The van der Waals surface area contributed by atoms with Crippen molar-refractivity contribution in [2.24, 2.45) is 0 Å². The zero-order chi connectivity index (χ0) is 13.2. The molecule has 0 aromatic heterocycles. The maximum absolute atomic E-state index is 12.3. The van der Waals surface area contributed by atoms with Crippen molar-refractivity contribution in [3.05, 3.63) is 22.7 Å².